The molecule has 1 aliphatic heterocycles. The molecule has 2 aromatic heterocycles. The zero-order valence-corrected chi connectivity index (χ0v) is 14.4. The zero-order chi connectivity index (χ0) is 16.5. The fraction of sp³-hybridized carbons (Fsp3) is 0.278. The van der Waals surface area contributed by atoms with E-state index in [1.807, 2.05) is 6.07 Å². The number of carbonyl (C=O) groups is 1. The summed E-state index contributed by atoms with van der Waals surface area (Å²) in [5.41, 5.74) is 1.51. The van der Waals surface area contributed by atoms with Crippen LogP contribution < -0.4 is 5.32 Å². The second-order valence-corrected chi connectivity index (χ2v) is 7.58. The van der Waals surface area contributed by atoms with Crippen molar-refractivity contribution in [2.24, 2.45) is 5.92 Å². The van der Waals surface area contributed by atoms with Gasteiger partial charge in [0.2, 0.25) is 0 Å². The number of hydrogen-bond acceptors (Lipinski definition) is 5. The van der Waals surface area contributed by atoms with Crippen LogP contribution in [0.15, 0.2) is 27.8 Å². The second kappa shape index (κ2) is 6.42. The Balaban J connectivity index is 1.68. The Morgan fingerprint density at radius 2 is 2.21 bits per heavy atom. The van der Waals surface area contributed by atoms with Crippen molar-refractivity contribution >= 4 is 51.3 Å². The van der Waals surface area contributed by atoms with E-state index in [0.717, 1.165) is 10.9 Å². The molecule has 1 amide bonds. The number of hydrogen-bond donors (Lipinski definition) is 1. The average molecular weight is 354 g/mol. The molecule has 0 aromatic carbocycles. The standard InChI is InChI=1S/C18H14N2O2S2/c21-17-15(24-18(23)20-17)8-14-7-13-10-19-9-12(16(13)22-14)6-5-11-3-1-2-4-11/h7-11H,1-4H2,(H,20,21,23). The highest BCUT2D eigenvalue weighted by Crippen LogP contribution is 2.29. The Labute approximate surface area is 149 Å². The summed E-state index contributed by atoms with van der Waals surface area (Å²) in [6, 6.07) is 1.87. The van der Waals surface area contributed by atoms with Gasteiger partial charge < -0.3 is 9.73 Å². The van der Waals surface area contributed by atoms with E-state index in [2.05, 4.69) is 22.1 Å². The van der Waals surface area contributed by atoms with Crippen LogP contribution in [0.25, 0.3) is 17.0 Å². The maximum absolute atomic E-state index is 11.8. The van der Waals surface area contributed by atoms with Gasteiger partial charge in [0, 0.05) is 29.8 Å². The third kappa shape index (κ3) is 3.10. The highest BCUT2D eigenvalue weighted by Gasteiger charge is 2.22. The summed E-state index contributed by atoms with van der Waals surface area (Å²) in [5.74, 6) is 7.45. The van der Waals surface area contributed by atoms with Crippen molar-refractivity contribution in [1.29, 1.82) is 0 Å². The number of nitrogens with zero attached hydrogens (tertiary/aromatic N) is 1. The lowest BCUT2D eigenvalue weighted by molar-refractivity contribution is -0.115. The van der Waals surface area contributed by atoms with Gasteiger partial charge >= 0.3 is 0 Å². The van der Waals surface area contributed by atoms with E-state index < -0.39 is 0 Å². The number of amides is 1. The molecule has 0 atom stereocenters. The van der Waals surface area contributed by atoms with Crippen molar-refractivity contribution in [3.05, 3.63) is 34.7 Å². The fourth-order valence-electron chi connectivity index (χ4n) is 2.94. The van der Waals surface area contributed by atoms with Gasteiger partial charge in [-0.1, -0.05) is 48.7 Å². The van der Waals surface area contributed by atoms with E-state index in [1.165, 1.54) is 37.4 Å². The number of carbonyl (C=O) groups excluding carboxylic acids is 1. The highest BCUT2D eigenvalue weighted by atomic mass is 32.2. The van der Waals surface area contributed by atoms with Crippen LogP contribution in [0.4, 0.5) is 0 Å². The topological polar surface area (TPSA) is 55.1 Å². The van der Waals surface area contributed by atoms with Gasteiger partial charge in [0.15, 0.2) is 5.58 Å². The Morgan fingerprint density at radius 1 is 1.38 bits per heavy atom. The van der Waals surface area contributed by atoms with Crippen LogP contribution in [0, 0.1) is 17.8 Å². The predicted octanol–water partition coefficient (Wildman–Crippen LogP) is 3.86. The fourth-order valence-corrected chi connectivity index (χ4v) is 3.97. The Hall–Kier alpha value is -2.10. The average Bonchev–Trinajstić information content (AvgIpc) is 3.26. The van der Waals surface area contributed by atoms with Gasteiger partial charge in [0.1, 0.15) is 10.1 Å². The number of furan rings is 1. The number of aromatic nitrogens is 1. The maximum atomic E-state index is 11.8. The molecule has 2 fully saturated rings. The quantitative estimate of drug-likeness (QED) is 0.479. The van der Waals surface area contributed by atoms with Crippen LogP contribution in [-0.2, 0) is 4.79 Å². The van der Waals surface area contributed by atoms with Gasteiger partial charge in [-0.3, -0.25) is 9.78 Å². The number of nitrogens with one attached hydrogen (secondary N) is 1. The third-order valence-corrected chi connectivity index (χ3v) is 5.29. The van der Waals surface area contributed by atoms with Crippen molar-refractivity contribution in [3.63, 3.8) is 0 Å². The van der Waals surface area contributed by atoms with Crippen molar-refractivity contribution in [1.82, 2.24) is 10.3 Å². The zero-order valence-electron chi connectivity index (χ0n) is 12.8. The van der Waals surface area contributed by atoms with Crippen molar-refractivity contribution in [2.75, 3.05) is 0 Å². The van der Waals surface area contributed by atoms with Gasteiger partial charge in [0.05, 0.1) is 10.5 Å². The minimum absolute atomic E-state index is 0.190. The van der Waals surface area contributed by atoms with E-state index in [9.17, 15) is 4.79 Å². The molecule has 4 rings (SSSR count). The van der Waals surface area contributed by atoms with Gasteiger partial charge in [-0.2, -0.15) is 0 Å². The molecule has 24 heavy (non-hydrogen) atoms. The molecular weight excluding hydrogens is 340 g/mol. The SMILES string of the molecule is O=C1NC(=S)SC1=Cc1cc2cncc(C#CC3CCCC3)c2o1. The normalized spacial score (nSPS) is 19.8. The van der Waals surface area contributed by atoms with Crippen LogP contribution in [0.3, 0.4) is 0 Å². The van der Waals surface area contributed by atoms with Gasteiger partial charge in [-0.05, 0) is 18.9 Å². The summed E-state index contributed by atoms with van der Waals surface area (Å²) in [6.45, 7) is 0. The van der Waals surface area contributed by atoms with E-state index in [-0.39, 0.29) is 5.91 Å². The smallest absolute Gasteiger partial charge is 0.263 e. The van der Waals surface area contributed by atoms with Crippen LogP contribution in [0.1, 0.15) is 37.0 Å². The first-order valence-electron chi connectivity index (χ1n) is 7.83. The molecular formula is C18H14N2O2S2. The number of pyridine rings is 1. The largest absolute Gasteiger partial charge is 0.455 e. The summed E-state index contributed by atoms with van der Waals surface area (Å²) in [6.07, 6.45) is 10.1. The number of fused-ring (bicyclic) bond motifs is 1. The lowest BCUT2D eigenvalue weighted by atomic mass is 10.1. The first kappa shape index (κ1) is 15.4. The van der Waals surface area contributed by atoms with Crippen LogP contribution in [-0.4, -0.2) is 15.2 Å². The maximum Gasteiger partial charge on any atom is 0.263 e. The van der Waals surface area contributed by atoms with Crippen LogP contribution >= 0.6 is 24.0 Å². The monoisotopic (exact) mass is 354 g/mol. The molecule has 4 nitrogen and oxygen atoms in total. The minimum Gasteiger partial charge on any atom is -0.455 e. The molecule has 1 N–H and O–H groups in total. The van der Waals surface area contributed by atoms with Crippen molar-refractivity contribution < 1.29 is 9.21 Å². The molecule has 120 valence electrons. The first-order valence-corrected chi connectivity index (χ1v) is 9.05. The number of thioether (sulfide) groups is 1. The van der Waals surface area contributed by atoms with E-state index in [4.69, 9.17) is 16.6 Å². The van der Waals surface area contributed by atoms with Gasteiger partial charge in [0.25, 0.3) is 5.91 Å². The Morgan fingerprint density at radius 3 is 2.96 bits per heavy atom. The lowest BCUT2D eigenvalue weighted by Crippen LogP contribution is -2.17. The molecule has 0 radical (unpaired) electrons. The molecule has 0 bridgehead atoms. The molecule has 0 unspecified atom stereocenters. The minimum atomic E-state index is -0.190. The summed E-state index contributed by atoms with van der Waals surface area (Å²) in [5, 5.41) is 3.48. The van der Waals surface area contributed by atoms with E-state index in [1.54, 1.807) is 18.5 Å². The van der Waals surface area contributed by atoms with Crippen LogP contribution in [0.2, 0.25) is 0 Å². The lowest BCUT2D eigenvalue weighted by Gasteiger charge is -1.96. The molecule has 1 saturated carbocycles. The number of rotatable bonds is 1. The van der Waals surface area contributed by atoms with Crippen LogP contribution in [0.5, 0.6) is 0 Å². The van der Waals surface area contributed by atoms with E-state index >= 15 is 0 Å². The summed E-state index contributed by atoms with van der Waals surface area (Å²) >= 11 is 6.23. The van der Waals surface area contributed by atoms with Crippen molar-refractivity contribution in [2.45, 2.75) is 25.7 Å². The molecule has 0 spiro atoms. The molecule has 1 aliphatic carbocycles. The molecule has 6 heteroatoms. The summed E-state index contributed by atoms with van der Waals surface area (Å²) in [4.78, 5) is 16.5. The number of thiocarbonyl (C=S) groups is 1. The second-order valence-electron chi connectivity index (χ2n) is 5.86. The first-order chi connectivity index (χ1) is 11.7. The summed E-state index contributed by atoms with van der Waals surface area (Å²) < 4.78 is 6.37. The predicted molar refractivity (Wildman–Crippen MR) is 99.2 cm³/mol. The van der Waals surface area contributed by atoms with E-state index in [0.29, 0.717) is 26.5 Å². The molecule has 1 saturated heterocycles. The molecule has 3 heterocycles. The third-order valence-electron chi connectivity index (χ3n) is 4.12. The van der Waals surface area contributed by atoms with Gasteiger partial charge in [-0.25, -0.2) is 0 Å². The Bertz CT molecular complexity index is 927. The van der Waals surface area contributed by atoms with Crippen molar-refractivity contribution in [3.8, 4) is 11.8 Å². The van der Waals surface area contributed by atoms with Gasteiger partial charge in [-0.15, -0.1) is 0 Å². The molecule has 2 aromatic rings. The molecule has 2 aliphatic rings. The highest BCUT2D eigenvalue weighted by molar-refractivity contribution is 8.26. The Kier molecular flexibility index (Phi) is 4.13. The summed E-state index contributed by atoms with van der Waals surface area (Å²) in [7, 11) is 0.